The van der Waals surface area contributed by atoms with Crippen molar-refractivity contribution in [3.63, 3.8) is 0 Å². The highest BCUT2D eigenvalue weighted by Crippen LogP contribution is 2.34. The maximum atomic E-state index is 12.9. The molecule has 3 N–H and O–H groups in total. The second kappa shape index (κ2) is 7.83. The fourth-order valence-corrected chi connectivity index (χ4v) is 2.82. The standard InChI is InChI=1S/C18H19F3N2O4/c1-9-15(11(3)24)10(2)22-16(9)17(26)27-8-14(25)23-13-7-5-4-6-12(13)18(19,20)21/h4-7,11,22,24H,8H2,1-3H3,(H,23,25)/t11-/m1/s1. The fourth-order valence-electron chi connectivity index (χ4n) is 2.82. The monoisotopic (exact) mass is 384 g/mol. The molecule has 0 saturated heterocycles. The molecule has 0 fully saturated rings. The first-order valence-electron chi connectivity index (χ1n) is 8.02. The van der Waals surface area contributed by atoms with Gasteiger partial charge < -0.3 is 20.1 Å². The number of rotatable bonds is 5. The van der Waals surface area contributed by atoms with Crippen LogP contribution in [-0.4, -0.2) is 28.6 Å². The second-order valence-corrected chi connectivity index (χ2v) is 6.01. The third-order valence-corrected chi connectivity index (χ3v) is 3.96. The summed E-state index contributed by atoms with van der Waals surface area (Å²) < 4.78 is 43.6. The number of hydrogen-bond acceptors (Lipinski definition) is 4. The zero-order chi connectivity index (χ0) is 20.4. The number of carbonyl (C=O) groups is 2. The number of hydrogen-bond donors (Lipinski definition) is 3. The van der Waals surface area contributed by atoms with Gasteiger partial charge in [0.15, 0.2) is 6.61 Å². The molecule has 0 aliphatic rings. The van der Waals surface area contributed by atoms with Crippen molar-refractivity contribution in [2.45, 2.75) is 33.1 Å². The molecule has 2 rings (SSSR count). The van der Waals surface area contributed by atoms with Crippen LogP contribution in [0.2, 0.25) is 0 Å². The van der Waals surface area contributed by atoms with Crippen LogP contribution in [0.15, 0.2) is 24.3 Å². The van der Waals surface area contributed by atoms with E-state index in [0.717, 1.165) is 12.1 Å². The minimum absolute atomic E-state index is 0.0758. The summed E-state index contributed by atoms with van der Waals surface area (Å²) in [4.78, 5) is 26.8. The number of amides is 1. The summed E-state index contributed by atoms with van der Waals surface area (Å²) in [7, 11) is 0. The molecule has 1 amide bonds. The van der Waals surface area contributed by atoms with Gasteiger partial charge in [0.25, 0.3) is 5.91 Å². The largest absolute Gasteiger partial charge is 0.451 e. The van der Waals surface area contributed by atoms with E-state index in [2.05, 4.69) is 10.3 Å². The van der Waals surface area contributed by atoms with Crippen LogP contribution in [0.3, 0.4) is 0 Å². The SMILES string of the molecule is Cc1[nH]c(C(=O)OCC(=O)Nc2ccccc2C(F)(F)F)c(C)c1[C@@H](C)O. The summed E-state index contributed by atoms with van der Waals surface area (Å²) in [6.45, 7) is 4.07. The number of halogens is 3. The Morgan fingerprint density at radius 3 is 2.44 bits per heavy atom. The van der Waals surface area contributed by atoms with E-state index in [0.29, 0.717) is 16.8 Å². The fraction of sp³-hybridized carbons (Fsp3) is 0.333. The molecule has 1 aromatic heterocycles. The number of benzene rings is 1. The van der Waals surface area contributed by atoms with Gasteiger partial charge in [-0.05, 0) is 38.5 Å². The van der Waals surface area contributed by atoms with Crippen LogP contribution in [0.5, 0.6) is 0 Å². The molecular weight excluding hydrogens is 365 g/mol. The van der Waals surface area contributed by atoms with Gasteiger partial charge in [-0.25, -0.2) is 4.79 Å². The first kappa shape index (κ1) is 20.5. The van der Waals surface area contributed by atoms with Crippen molar-refractivity contribution in [1.82, 2.24) is 4.98 Å². The Labute approximate surface area is 153 Å². The molecule has 0 unspecified atom stereocenters. The molecule has 0 radical (unpaired) electrons. The minimum Gasteiger partial charge on any atom is -0.451 e. The number of aromatic nitrogens is 1. The number of esters is 1. The molecule has 9 heteroatoms. The van der Waals surface area contributed by atoms with Crippen molar-refractivity contribution < 1.29 is 32.6 Å². The summed E-state index contributed by atoms with van der Waals surface area (Å²) in [6, 6.07) is 4.49. The van der Waals surface area contributed by atoms with Gasteiger partial charge in [0.2, 0.25) is 0 Å². The third kappa shape index (κ3) is 4.68. The average Bonchev–Trinajstić information content (AvgIpc) is 2.87. The van der Waals surface area contributed by atoms with E-state index in [9.17, 15) is 27.9 Å². The van der Waals surface area contributed by atoms with Crippen molar-refractivity contribution >= 4 is 17.6 Å². The first-order valence-corrected chi connectivity index (χ1v) is 8.02. The van der Waals surface area contributed by atoms with E-state index in [1.54, 1.807) is 20.8 Å². The summed E-state index contributed by atoms with van der Waals surface area (Å²) >= 11 is 0. The Hall–Kier alpha value is -2.81. The molecule has 1 heterocycles. The average molecular weight is 384 g/mol. The van der Waals surface area contributed by atoms with Crippen molar-refractivity contribution in [2.75, 3.05) is 11.9 Å². The van der Waals surface area contributed by atoms with Crippen LogP contribution in [0.25, 0.3) is 0 Å². The smallest absolute Gasteiger partial charge is 0.418 e. The number of aliphatic hydroxyl groups is 1. The van der Waals surface area contributed by atoms with Crippen molar-refractivity contribution in [3.8, 4) is 0 Å². The second-order valence-electron chi connectivity index (χ2n) is 6.01. The number of aliphatic hydroxyl groups excluding tert-OH is 1. The van der Waals surface area contributed by atoms with Crippen molar-refractivity contribution in [3.05, 3.63) is 52.3 Å². The number of nitrogens with one attached hydrogen (secondary N) is 2. The van der Waals surface area contributed by atoms with Gasteiger partial charge >= 0.3 is 12.1 Å². The van der Waals surface area contributed by atoms with E-state index in [1.165, 1.54) is 12.1 Å². The van der Waals surface area contributed by atoms with Crippen LogP contribution >= 0.6 is 0 Å². The Kier molecular flexibility index (Phi) is 5.94. The normalized spacial score (nSPS) is 12.6. The van der Waals surface area contributed by atoms with Gasteiger partial charge in [-0.3, -0.25) is 4.79 Å². The predicted octanol–water partition coefficient (Wildman–Crippen LogP) is 3.50. The van der Waals surface area contributed by atoms with Crippen LogP contribution in [0.4, 0.5) is 18.9 Å². The van der Waals surface area contributed by atoms with Gasteiger partial charge in [0, 0.05) is 11.3 Å². The quantitative estimate of drug-likeness (QED) is 0.688. The van der Waals surface area contributed by atoms with Gasteiger partial charge in [-0.1, -0.05) is 12.1 Å². The van der Waals surface area contributed by atoms with E-state index in [-0.39, 0.29) is 5.69 Å². The van der Waals surface area contributed by atoms with E-state index in [4.69, 9.17) is 4.74 Å². The van der Waals surface area contributed by atoms with Gasteiger partial charge in [-0.15, -0.1) is 0 Å². The molecule has 2 aromatic rings. The molecular formula is C18H19F3N2O4. The number of carbonyl (C=O) groups excluding carboxylic acids is 2. The molecule has 0 bridgehead atoms. The van der Waals surface area contributed by atoms with Gasteiger partial charge in [-0.2, -0.15) is 13.2 Å². The molecule has 27 heavy (non-hydrogen) atoms. The zero-order valence-corrected chi connectivity index (χ0v) is 14.9. The predicted molar refractivity (Wildman–Crippen MR) is 91.3 cm³/mol. The summed E-state index contributed by atoms with van der Waals surface area (Å²) in [5.41, 5.74) is 0.266. The van der Waals surface area contributed by atoms with E-state index < -0.39 is 42.0 Å². The molecule has 146 valence electrons. The molecule has 0 saturated carbocycles. The number of aryl methyl sites for hydroxylation is 1. The Morgan fingerprint density at radius 2 is 1.89 bits per heavy atom. The molecule has 1 atom stereocenters. The Balaban J connectivity index is 2.05. The third-order valence-electron chi connectivity index (χ3n) is 3.96. The molecule has 0 aliphatic carbocycles. The summed E-state index contributed by atoms with van der Waals surface area (Å²) in [5, 5.41) is 11.8. The molecule has 1 aromatic carbocycles. The summed E-state index contributed by atoms with van der Waals surface area (Å²) in [6.07, 6.45) is -5.43. The maximum Gasteiger partial charge on any atom is 0.418 e. The van der Waals surface area contributed by atoms with Crippen LogP contribution in [0, 0.1) is 13.8 Å². The highest BCUT2D eigenvalue weighted by atomic mass is 19.4. The van der Waals surface area contributed by atoms with Crippen molar-refractivity contribution in [2.24, 2.45) is 0 Å². The zero-order valence-electron chi connectivity index (χ0n) is 14.9. The topological polar surface area (TPSA) is 91.4 Å². The van der Waals surface area contributed by atoms with Crippen LogP contribution < -0.4 is 5.32 Å². The van der Waals surface area contributed by atoms with E-state index >= 15 is 0 Å². The minimum atomic E-state index is -4.63. The molecule has 6 nitrogen and oxygen atoms in total. The first-order chi connectivity index (χ1) is 12.5. The van der Waals surface area contributed by atoms with Crippen LogP contribution in [0.1, 0.15) is 45.9 Å². The molecule has 0 aliphatic heterocycles. The number of aromatic amines is 1. The van der Waals surface area contributed by atoms with E-state index in [1.807, 2.05) is 0 Å². The number of para-hydroxylation sites is 1. The molecule has 0 spiro atoms. The Morgan fingerprint density at radius 1 is 1.26 bits per heavy atom. The lowest BCUT2D eigenvalue weighted by molar-refractivity contribution is -0.137. The highest BCUT2D eigenvalue weighted by molar-refractivity contribution is 5.96. The van der Waals surface area contributed by atoms with Gasteiger partial charge in [0.05, 0.1) is 17.4 Å². The highest BCUT2D eigenvalue weighted by Gasteiger charge is 2.33. The van der Waals surface area contributed by atoms with Gasteiger partial charge in [0.1, 0.15) is 5.69 Å². The van der Waals surface area contributed by atoms with Crippen LogP contribution in [-0.2, 0) is 15.7 Å². The lowest BCUT2D eigenvalue weighted by Crippen LogP contribution is -2.23. The number of ether oxygens (including phenoxy) is 1. The number of alkyl halides is 3. The summed E-state index contributed by atoms with van der Waals surface area (Å²) in [5.74, 6) is -1.75. The maximum absolute atomic E-state index is 12.9. The Bertz CT molecular complexity index is 857. The lowest BCUT2D eigenvalue weighted by Gasteiger charge is -2.13. The lowest BCUT2D eigenvalue weighted by atomic mass is 10.1. The van der Waals surface area contributed by atoms with Crippen molar-refractivity contribution in [1.29, 1.82) is 0 Å². The number of H-pyrrole nitrogens is 1. The number of anilines is 1.